The lowest BCUT2D eigenvalue weighted by Gasteiger charge is -2.49. The van der Waals surface area contributed by atoms with Crippen molar-refractivity contribution >= 4 is 11.7 Å². The van der Waals surface area contributed by atoms with Gasteiger partial charge in [0, 0.05) is 56.1 Å². The van der Waals surface area contributed by atoms with Crippen molar-refractivity contribution in [3.63, 3.8) is 0 Å². The number of hydrogen-bond acceptors (Lipinski definition) is 6. The topological polar surface area (TPSA) is 83.9 Å². The third-order valence-electron chi connectivity index (χ3n) is 10.2. The number of nitrogens with one attached hydrogen (secondary N) is 1. The molecule has 3 aromatic rings. The Kier molecular flexibility index (Phi) is 10.0. The molecular formula is C37H46FN3O4. The second kappa shape index (κ2) is 14.3. The van der Waals surface area contributed by atoms with Crippen LogP contribution in [0.2, 0.25) is 0 Å². The number of hydrogen-bond donors (Lipinski definition) is 2. The largest absolute Gasteiger partial charge is 0.493 e. The van der Waals surface area contributed by atoms with Gasteiger partial charge in [-0.1, -0.05) is 30.7 Å². The molecule has 0 amide bonds. The number of pyridine rings is 1. The highest BCUT2D eigenvalue weighted by Gasteiger charge is 2.40. The number of aromatic nitrogens is 1. The zero-order chi connectivity index (χ0) is 31.2. The Morgan fingerprint density at radius 2 is 1.78 bits per heavy atom. The summed E-state index contributed by atoms with van der Waals surface area (Å²) in [6, 6.07) is 14.6. The molecule has 45 heavy (non-hydrogen) atoms. The highest BCUT2D eigenvalue weighted by Crippen LogP contribution is 2.50. The van der Waals surface area contributed by atoms with Crippen LogP contribution in [0, 0.1) is 24.1 Å². The molecule has 2 aliphatic heterocycles. The number of nitrogens with zero attached hydrogens (tertiary/aromatic N) is 2. The number of halogens is 1. The van der Waals surface area contributed by atoms with Gasteiger partial charge in [-0.25, -0.2) is 4.39 Å². The van der Waals surface area contributed by atoms with Crippen LogP contribution in [0.25, 0.3) is 11.1 Å². The SMILES string of the molecule is Cc1nc(CNCC2CCOCC2)c(-c2ccc(OCCc3ccc(F)cc3)cc2)c(N2CCC3(CCC3)CC2)c1CC(=O)O. The molecule has 8 heteroatoms. The average Bonchev–Trinajstić information content (AvgIpc) is 3.03. The van der Waals surface area contributed by atoms with Gasteiger partial charge in [0.1, 0.15) is 11.6 Å². The van der Waals surface area contributed by atoms with Crippen LogP contribution in [0.4, 0.5) is 10.1 Å². The summed E-state index contributed by atoms with van der Waals surface area (Å²) in [5.41, 5.74) is 7.15. The molecule has 0 bridgehead atoms. The van der Waals surface area contributed by atoms with Crippen molar-refractivity contribution in [2.24, 2.45) is 11.3 Å². The molecule has 0 atom stereocenters. The van der Waals surface area contributed by atoms with Crippen molar-refractivity contribution in [1.29, 1.82) is 0 Å². The highest BCUT2D eigenvalue weighted by molar-refractivity contribution is 5.86. The standard InChI is InChI=1S/C37H46FN3O4/c1-26-32(23-34(42)43)36(41-18-16-37(17-19-41)14-2-15-37)35(33(40-26)25-39-24-28-11-20-44-21-12-28)29-5-9-31(10-6-29)45-22-13-27-3-7-30(38)8-4-27/h3-10,28,39H,2,11-25H2,1H3,(H,42,43). The van der Waals surface area contributed by atoms with E-state index in [0.29, 0.717) is 30.9 Å². The first-order valence-corrected chi connectivity index (χ1v) is 16.6. The maximum absolute atomic E-state index is 13.3. The molecule has 2 saturated heterocycles. The maximum atomic E-state index is 13.3. The number of carbonyl (C=O) groups is 1. The number of benzene rings is 2. The van der Waals surface area contributed by atoms with Crippen LogP contribution in [0.1, 0.15) is 67.5 Å². The first-order chi connectivity index (χ1) is 21.9. The van der Waals surface area contributed by atoms with Gasteiger partial charge in [0.25, 0.3) is 0 Å². The molecule has 0 unspecified atom stereocenters. The summed E-state index contributed by atoms with van der Waals surface area (Å²) >= 11 is 0. The van der Waals surface area contributed by atoms with Crippen LogP contribution in [-0.4, -0.2) is 55.5 Å². The number of piperidine rings is 1. The molecule has 0 radical (unpaired) electrons. The minimum Gasteiger partial charge on any atom is -0.493 e. The number of aliphatic carboxylic acids is 1. The van der Waals surface area contributed by atoms with Crippen LogP contribution in [0.5, 0.6) is 5.75 Å². The summed E-state index contributed by atoms with van der Waals surface area (Å²) in [5, 5.41) is 13.7. The molecular weight excluding hydrogens is 569 g/mol. The van der Waals surface area contributed by atoms with Crippen LogP contribution in [0.3, 0.4) is 0 Å². The van der Waals surface area contributed by atoms with Gasteiger partial charge in [0.2, 0.25) is 0 Å². The average molecular weight is 616 g/mol. The summed E-state index contributed by atoms with van der Waals surface area (Å²) in [6.45, 7) is 7.47. The number of ether oxygens (including phenoxy) is 2. The third kappa shape index (κ3) is 7.67. The lowest BCUT2D eigenvalue weighted by atomic mass is 9.63. The van der Waals surface area contributed by atoms with E-state index in [9.17, 15) is 14.3 Å². The molecule has 2 N–H and O–H groups in total. The van der Waals surface area contributed by atoms with E-state index in [4.69, 9.17) is 14.5 Å². The quantitative estimate of drug-likeness (QED) is 0.234. The summed E-state index contributed by atoms with van der Waals surface area (Å²) < 4.78 is 24.9. The molecule has 3 heterocycles. The zero-order valence-corrected chi connectivity index (χ0v) is 26.5. The number of anilines is 1. The molecule has 1 saturated carbocycles. The monoisotopic (exact) mass is 615 g/mol. The Labute approximate surface area is 266 Å². The second-order valence-electron chi connectivity index (χ2n) is 13.2. The van der Waals surface area contributed by atoms with Gasteiger partial charge < -0.3 is 24.8 Å². The van der Waals surface area contributed by atoms with Crippen molar-refractivity contribution in [1.82, 2.24) is 10.3 Å². The maximum Gasteiger partial charge on any atom is 0.307 e. The van der Waals surface area contributed by atoms with Gasteiger partial charge in [-0.15, -0.1) is 0 Å². The number of carboxylic acids is 1. The number of carboxylic acid groups (broad SMARTS) is 1. The van der Waals surface area contributed by atoms with Crippen LogP contribution in [0.15, 0.2) is 48.5 Å². The molecule has 2 aromatic carbocycles. The van der Waals surface area contributed by atoms with Gasteiger partial charge in [-0.2, -0.15) is 0 Å². The van der Waals surface area contributed by atoms with Gasteiger partial charge in [0.15, 0.2) is 0 Å². The Bertz CT molecular complexity index is 1440. The van der Waals surface area contributed by atoms with Crippen molar-refractivity contribution < 1.29 is 23.8 Å². The van der Waals surface area contributed by atoms with Crippen molar-refractivity contribution in [3.05, 3.63) is 76.9 Å². The molecule has 240 valence electrons. The fourth-order valence-electron chi connectivity index (χ4n) is 7.31. The van der Waals surface area contributed by atoms with Gasteiger partial charge in [0.05, 0.1) is 24.4 Å². The van der Waals surface area contributed by atoms with E-state index in [2.05, 4.69) is 22.3 Å². The van der Waals surface area contributed by atoms with E-state index in [1.54, 1.807) is 12.1 Å². The summed E-state index contributed by atoms with van der Waals surface area (Å²) in [6.07, 6.45) is 9.02. The first kappa shape index (κ1) is 31.5. The van der Waals surface area contributed by atoms with Crippen molar-refractivity contribution in [2.45, 2.75) is 71.3 Å². The minimum atomic E-state index is -0.838. The predicted molar refractivity (Wildman–Crippen MR) is 174 cm³/mol. The molecule has 1 aromatic heterocycles. The Balaban J connectivity index is 1.29. The summed E-state index contributed by atoms with van der Waals surface area (Å²) in [7, 11) is 0. The second-order valence-corrected chi connectivity index (χ2v) is 13.2. The van der Waals surface area contributed by atoms with Gasteiger partial charge in [-0.05, 0) is 98.7 Å². The predicted octanol–water partition coefficient (Wildman–Crippen LogP) is 6.73. The first-order valence-electron chi connectivity index (χ1n) is 16.6. The Morgan fingerprint density at radius 3 is 2.42 bits per heavy atom. The molecule has 7 nitrogen and oxygen atoms in total. The third-order valence-corrected chi connectivity index (χ3v) is 10.2. The lowest BCUT2D eigenvalue weighted by Crippen LogP contribution is -2.44. The van der Waals surface area contributed by atoms with Crippen molar-refractivity contribution in [3.8, 4) is 16.9 Å². The smallest absolute Gasteiger partial charge is 0.307 e. The van der Waals surface area contributed by atoms with Gasteiger partial charge in [-0.3, -0.25) is 9.78 Å². The van der Waals surface area contributed by atoms with E-state index < -0.39 is 5.97 Å². The van der Waals surface area contributed by atoms with E-state index in [0.717, 1.165) is 104 Å². The lowest BCUT2D eigenvalue weighted by molar-refractivity contribution is -0.136. The van der Waals surface area contributed by atoms with Crippen LogP contribution >= 0.6 is 0 Å². The molecule has 1 spiro atoms. The normalized spacial score (nSPS) is 18.1. The summed E-state index contributed by atoms with van der Waals surface area (Å²) in [5.74, 6) is 0.269. The zero-order valence-electron chi connectivity index (χ0n) is 26.5. The fraction of sp³-hybridized carbons (Fsp3) is 0.514. The number of rotatable bonds is 12. The van der Waals surface area contributed by atoms with Crippen LogP contribution in [-0.2, 0) is 28.9 Å². The van der Waals surface area contributed by atoms with E-state index in [-0.39, 0.29) is 12.2 Å². The fourth-order valence-corrected chi connectivity index (χ4v) is 7.31. The van der Waals surface area contributed by atoms with E-state index in [1.807, 2.05) is 19.1 Å². The summed E-state index contributed by atoms with van der Waals surface area (Å²) in [4.78, 5) is 19.7. The molecule has 3 fully saturated rings. The van der Waals surface area contributed by atoms with E-state index >= 15 is 0 Å². The number of aryl methyl sites for hydroxylation is 1. The minimum absolute atomic E-state index is 0.0524. The molecule has 3 aliphatic rings. The van der Waals surface area contributed by atoms with Crippen LogP contribution < -0.4 is 15.0 Å². The highest BCUT2D eigenvalue weighted by atomic mass is 19.1. The molecule has 6 rings (SSSR count). The van der Waals surface area contributed by atoms with Gasteiger partial charge >= 0.3 is 5.97 Å². The molecule has 1 aliphatic carbocycles. The van der Waals surface area contributed by atoms with E-state index in [1.165, 1.54) is 31.4 Å². The van der Waals surface area contributed by atoms with Crippen molar-refractivity contribution in [2.75, 3.05) is 44.4 Å². The Morgan fingerprint density at radius 1 is 1.07 bits per heavy atom. The Hall–Kier alpha value is -3.49.